The average molecular weight is 461 g/mol. The molecular weight excluding hydrogens is 440 g/mol. The van der Waals surface area contributed by atoms with E-state index in [4.69, 9.17) is 16.3 Å². The Balaban J connectivity index is 2.21. The molecule has 2 rings (SSSR count). The van der Waals surface area contributed by atoms with Crippen molar-refractivity contribution < 1.29 is 26.4 Å². The van der Waals surface area contributed by atoms with Gasteiger partial charge < -0.3 is 10.1 Å². The molecule has 0 aliphatic heterocycles. The molecule has 0 heterocycles. The van der Waals surface area contributed by atoms with Gasteiger partial charge in [0.1, 0.15) is 0 Å². The summed E-state index contributed by atoms with van der Waals surface area (Å²) >= 11 is 6.04. The highest BCUT2D eigenvalue weighted by Crippen LogP contribution is 2.23. The predicted molar refractivity (Wildman–Crippen MR) is 111 cm³/mol. The fraction of sp³-hybridized carbons (Fsp3) is 0.278. The summed E-state index contributed by atoms with van der Waals surface area (Å²) in [5.74, 6) is -0.499. The molecule has 2 N–H and O–H groups in total. The third-order valence-electron chi connectivity index (χ3n) is 3.84. The molecule has 11 heteroatoms. The Kier molecular flexibility index (Phi) is 7.64. The zero-order chi connectivity index (χ0) is 21.7. The topological polar surface area (TPSA) is 119 Å². The van der Waals surface area contributed by atoms with Gasteiger partial charge in [-0.25, -0.2) is 16.8 Å². The molecule has 0 fully saturated rings. The van der Waals surface area contributed by atoms with Crippen LogP contribution in [0.2, 0.25) is 5.02 Å². The molecule has 8 nitrogen and oxygen atoms in total. The van der Waals surface area contributed by atoms with Crippen molar-refractivity contribution in [1.82, 2.24) is 5.32 Å². The molecule has 158 valence electrons. The molecule has 0 unspecified atom stereocenters. The third kappa shape index (κ3) is 6.43. The summed E-state index contributed by atoms with van der Waals surface area (Å²) in [7, 11) is -5.86. The number of hydrogen-bond acceptors (Lipinski definition) is 6. The standard InChI is InChI=1S/C18H21ClN2O6S2/c1-27-11-3-10-20-18(22)16-12-15(8-9-17(16)19)29(25,26)21-13-4-6-14(7-5-13)28(2,23)24/h4-9,12,21H,3,10-11H2,1-2H3,(H,20,22). The molecule has 0 aromatic heterocycles. The number of carbonyl (C=O) groups is 1. The monoisotopic (exact) mass is 460 g/mol. The number of nitrogens with one attached hydrogen (secondary N) is 2. The number of rotatable bonds is 9. The van der Waals surface area contributed by atoms with Crippen LogP contribution in [0.5, 0.6) is 0 Å². The lowest BCUT2D eigenvalue weighted by Gasteiger charge is -2.11. The first kappa shape index (κ1) is 23.1. The maximum atomic E-state index is 12.6. The highest BCUT2D eigenvalue weighted by atomic mass is 35.5. The van der Waals surface area contributed by atoms with Gasteiger partial charge in [-0.05, 0) is 48.9 Å². The van der Waals surface area contributed by atoms with Gasteiger partial charge in [-0.15, -0.1) is 0 Å². The SMILES string of the molecule is COCCCNC(=O)c1cc(S(=O)(=O)Nc2ccc(S(C)(=O)=O)cc2)ccc1Cl. The zero-order valence-electron chi connectivity index (χ0n) is 15.8. The van der Waals surface area contributed by atoms with E-state index in [0.717, 1.165) is 6.26 Å². The molecule has 0 saturated carbocycles. The summed E-state index contributed by atoms with van der Waals surface area (Å²) in [4.78, 5) is 12.2. The van der Waals surface area contributed by atoms with Gasteiger partial charge in [-0.3, -0.25) is 9.52 Å². The molecule has 0 saturated heterocycles. The quantitative estimate of drug-likeness (QED) is 0.554. The van der Waals surface area contributed by atoms with E-state index in [0.29, 0.717) is 19.6 Å². The Hall–Kier alpha value is -2.14. The van der Waals surface area contributed by atoms with Gasteiger partial charge in [-0.1, -0.05) is 11.6 Å². The Morgan fingerprint density at radius 1 is 1.03 bits per heavy atom. The number of methoxy groups -OCH3 is 1. The number of hydrogen-bond donors (Lipinski definition) is 2. The van der Waals surface area contributed by atoms with Gasteiger partial charge in [0.2, 0.25) is 0 Å². The first-order chi connectivity index (χ1) is 13.5. The second-order valence-electron chi connectivity index (χ2n) is 6.15. The number of sulfonamides is 1. The van der Waals surface area contributed by atoms with E-state index in [-0.39, 0.29) is 26.1 Å². The van der Waals surface area contributed by atoms with E-state index < -0.39 is 25.8 Å². The van der Waals surface area contributed by atoms with Crippen LogP contribution in [0.1, 0.15) is 16.8 Å². The van der Waals surface area contributed by atoms with Crippen LogP contribution in [-0.2, 0) is 24.6 Å². The molecule has 0 radical (unpaired) electrons. The van der Waals surface area contributed by atoms with Gasteiger partial charge in [0.15, 0.2) is 9.84 Å². The molecule has 2 aromatic rings. The van der Waals surface area contributed by atoms with Crippen LogP contribution in [-0.4, -0.2) is 49.3 Å². The van der Waals surface area contributed by atoms with Crippen LogP contribution >= 0.6 is 11.6 Å². The van der Waals surface area contributed by atoms with E-state index >= 15 is 0 Å². The minimum atomic E-state index is -4.02. The molecule has 29 heavy (non-hydrogen) atoms. The molecule has 0 aliphatic carbocycles. The van der Waals surface area contributed by atoms with E-state index in [9.17, 15) is 21.6 Å². The fourth-order valence-corrected chi connectivity index (χ4v) is 4.26. The average Bonchev–Trinajstić information content (AvgIpc) is 2.64. The minimum absolute atomic E-state index is 0.0272. The minimum Gasteiger partial charge on any atom is -0.385 e. The summed E-state index contributed by atoms with van der Waals surface area (Å²) in [6.45, 7) is 0.829. The second kappa shape index (κ2) is 9.57. The lowest BCUT2D eigenvalue weighted by atomic mass is 10.2. The van der Waals surface area contributed by atoms with Crippen LogP contribution in [0.15, 0.2) is 52.3 Å². The summed E-state index contributed by atoms with van der Waals surface area (Å²) < 4.78 is 55.5. The van der Waals surface area contributed by atoms with Crippen LogP contribution in [0.3, 0.4) is 0 Å². The second-order valence-corrected chi connectivity index (χ2v) is 10.3. The number of sulfone groups is 1. The van der Waals surface area contributed by atoms with Crippen molar-refractivity contribution in [3.05, 3.63) is 53.1 Å². The van der Waals surface area contributed by atoms with Crippen molar-refractivity contribution in [2.24, 2.45) is 0 Å². The highest BCUT2D eigenvalue weighted by Gasteiger charge is 2.19. The lowest BCUT2D eigenvalue weighted by molar-refractivity contribution is 0.0948. The summed E-state index contributed by atoms with van der Waals surface area (Å²) in [5, 5.41) is 2.76. The molecule has 0 atom stereocenters. The van der Waals surface area contributed by atoms with Crippen molar-refractivity contribution in [3.63, 3.8) is 0 Å². The number of amides is 1. The van der Waals surface area contributed by atoms with Crippen molar-refractivity contribution in [2.75, 3.05) is 31.2 Å². The van der Waals surface area contributed by atoms with Gasteiger partial charge in [0.05, 0.1) is 20.4 Å². The van der Waals surface area contributed by atoms with Crippen molar-refractivity contribution >= 4 is 43.1 Å². The van der Waals surface area contributed by atoms with Gasteiger partial charge in [-0.2, -0.15) is 0 Å². The van der Waals surface area contributed by atoms with Crippen LogP contribution < -0.4 is 10.0 Å². The van der Waals surface area contributed by atoms with Gasteiger partial charge in [0, 0.05) is 32.2 Å². The molecule has 0 aliphatic rings. The molecule has 1 amide bonds. The summed E-state index contributed by atoms with van der Waals surface area (Å²) in [5.41, 5.74) is 0.206. The Labute approximate surface area is 175 Å². The van der Waals surface area contributed by atoms with Gasteiger partial charge in [0.25, 0.3) is 15.9 Å². The number of anilines is 1. The van der Waals surface area contributed by atoms with E-state index in [1.54, 1.807) is 7.11 Å². The Morgan fingerprint density at radius 2 is 1.66 bits per heavy atom. The molecule has 0 bridgehead atoms. The van der Waals surface area contributed by atoms with Crippen molar-refractivity contribution in [2.45, 2.75) is 16.2 Å². The third-order valence-corrected chi connectivity index (χ3v) is 6.68. The van der Waals surface area contributed by atoms with Gasteiger partial charge >= 0.3 is 0 Å². The van der Waals surface area contributed by atoms with Crippen molar-refractivity contribution in [3.8, 4) is 0 Å². The maximum Gasteiger partial charge on any atom is 0.261 e. The normalized spacial score (nSPS) is 11.8. The predicted octanol–water partition coefficient (Wildman–Crippen LogP) is 2.31. The van der Waals surface area contributed by atoms with Crippen LogP contribution in [0.25, 0.3) is 0 Å². The summed E-state index contributed by atoms with van der Waals surface area (Å²) in [6.07, 6.45) is 1.66. The Bertz CT molecular complexity index is 1080. The first-order valence-corrected chi connectivity index (χ1v) is 12.2. The smallest absolute Gasteiger partial charge is 0.261 e. The number of benzene rings is 2. The number of ether oxygens (including phenoxy) is 1. The Morgan fingerprint density at radius 3 is 2.24 bits per heavy atom. The molecular formula is C18H21ClN2O6S2. The molecule has 2 aromatic carbocycles. The largest absolute Gasteiger partial charge is 0.385 e. The van der Waals surface area contributed by atoms with E-state index in [2.05, 4.69) is 10.0 Å². The highest BCUT2D eigenvalue weighted by molar-refractivity contribution is 7.92. The molecule has 0 spiro atoms. The van der Waals surface area contributed by atoms with Crippen LogP contribution in [0.4, 0.5) is 5.69 Å². The van der Waals surface area contributed by atoms with E-state index in [1.165, 1.54) is 42.5 Å². The van der Waals surface area contributed by atoms with Crippen molar-refractivity contribution in [1.29, 1.82) is 0 Å². The number of halogens is 1. The van der Waals surface area contributed by atoms with E-state index in [1.807, 2.05) is 0 Å². The zero-order valence-corrected chi connectivity index (χ0v) is 18.2. The lowest BCUT2D eigenvalue weighted by Crippen LogP contribution is -2.26. The van der Waals surface area contributed by atoms with Crippen LogP contribution in [0, 0.1) is 0 Å². The maximum absolute atomic E-state index is 12.6. The fourth-order valence-electron chi connectivity index (χ4n) is 2.34. The first-order valence-electron chi connectivity index (χ1n) is 8.44. The summed E-state index contributed by atoms with van der Waals surface area (Å²) in [6, 6.07) is 9.06. The number of carbonyl (C=O) groups excluding carboxylic acids is 1.